The molecule has 2 atom stereocenters. The van der Waals surface area contributed by atoms with Crippen molar-refractivity contribution in [2.45, 2.75) is 31.2 Å². The zero-order chi connectivity index (χ0) is 15.8. The van der Waals surface area contributed by atoms with Gasteiger partial charge in [0.25, 0.3) is 0 Å². The Morgan fingerprint density at radius 3 is 2.87 bits per heavy atom. The first-order valence-corrected chi connectivity index (χ1v) is 8.39. The average molecular weight is 310 g/mol. The van der Waals surface area contributed by atoms with E-state index in [4.69, 9.17) is 4.74 Å². The molecule has 1 saturated heterocycles. The van der Waals surface area contributed by atoms with Gasteiger partial charge < -0.3 is 14.2 Å². The third kappa shape index (κ3) is 2.42. The first-order valence-electron chi connectivity index (χ1n) is 8.39. The minimum absolute atomic E-state index is 0.160. The Hall–Kier alpha value is -2.23. The van der Waals surface area contributed by atoms with Gasteiger partial charge in [0, 0.05) is 31.0 Å². The molecule has 0 radical (unpaired) electrons. The van der Waals surface area contributed by atoms with Crippen LogP contribution in [0, 0.1) is 0 Å². The molecule has 23 heavy (non-hydrogen) atoms. The van der Waals surface area contributed by atoms with E-state index < -0.39 is 0 Å². The van der Waals surface area contributed by atoms with Gasteiger partial charge in [0.1, 0.15) is 18.3 Å². The van der Waals surface area contributed by atoms with Crippen molar-refractivity contribution >= 4 is 5.91 Å². The van der Waals surface area contributed by atoms with Crippen LogP contribution in [0.4, 0.5) is 0 Å². The summed E-state index contributed by atoms with van der Waals surface area (Å²) in [5, 5.41) is 0. The molecular formula is C19H22N2O2. The second-order valence-electron chi connectivity index (χ2n) is 6.49. The second kappa shape index (κ2) is 5.76. The predicted octanol–water partition coefficient (Wildman–Crippen LogP) is 3.25. The fraction of sp³-hybridized carbons (Fsp3) is 0.421. The van der Waals surface area contributed by atoms with Crippen LogP contribution in [0.3, 0.4) is 0 Å². The molecular weight excluding hydrogens is 288 g/mol. The van der Waals surface area contributed by atoms with Crippen molar-refractivity contribution < 1.29 is 9.53 Å². The number of piperidine rings is 1. The van der Waals surface area contributed by atoms with Crippen molar-refractivity contribution in [2.75, 3.05) is 13.2 Å². The lowest BCUT2D eigenvalue weighted by molar-refractivity contribution is -0.137. The van der Waals surface area contributed by atoms with Gasteiger partial charge in [-0.1, -0.05) is 18.2 Å². The summed E-state index contributed by atoms with van der Waals surface area (Å²) in [6.07, 6.45) is 5.36. The van der Waals surface area contributed by atoms with E-state index in [9.17, 15) is 4.79 Å². The number of ether oxygens (including phenoxy) is 1. The lowest BCUT2D eigenvalue weighted by atomic mass is 9.94. The molecule has 4 nitrogen and oxygen atoms in total. The topological polar surface area (TPSA) is 34.5 Å². The van der Waals surface area contributed by atoms with Crippen molar-refractivity contribution in [3.8, 4) is 5.75 Å². The molecule has 2 aliphatic heterocycles. The number of carbonyl (C=O) groups is 1. The molecule has 4 heteroatoms. The highest BCUT2D eigenvalue weighted by Crippen LogP contribution is 2.38. The van der Waals surface area contributed by atoms with E-state index in [1.54, 1.807) is 0 Å². The lowest BCUT2D eigenvalue weighted by Gasteiger charge is -2.37. The molecule has 2 aromatic rings. The molecule has 0 unspecified atom stereocenters. The standard InChI is InChI=1S/C19H22N2O2/c1-20-11-6-9-16(20)17-8-4-5-12-21(17)19(22)15-13-23-18-10-3-2-7-14(15)18/h2-3,6-7,9-11,15,17H,4-5,8,12-13H2,1H3/t15-,17+/m0/s1. The Morgan fingerprint density at radius 1 is 1.17 bits per heavy atom. The maximum Gasteiger partial charge on any atom is 0.234 e. The zero-order valence-corrected chi connectivity index (χ0v) is 13.4. The highest BCUT2D eigenvalue weighted by atomic mass is 16.5. The monoisotopic (exact) mass is 310 g/mol. The Bertz CT molecular complexity index is 722. The van der Waals surface area contributed by atoms with E-state index >= 15 is 0 Å². The molecule has 3 heterocycles. The number of aromatic nitrogens is 1. The minimum Gasteiger partial charge on any atom is -0.492 e. The van der Waals surface area contributed by atoms with E-state index in [0.29, 0.717) is 6.61 Å². The van der Waals surface area contributed by atoms with Crippen LogP contribution in [-0.2, 0) is 11.8 Å². The van der Waals surface area contributed by atoms with Gasteiger partial charge in [-0.05, 0) is 37.5 Å². The van der Waals surface area contributed by atoms with Crippen molar-refractivity contribution in [1.82, 2.24) is 9.47 Å². The highest BCUT2D eigenvalue weighted by molar-refractivity contribution is 5.86. The van der Waals surface area contributed by atoms with Crippen molar-refractivity contribution in [3.05, 3.63) is 53.9 Å². The van der Waals surface area contributed by atoms with Crippen LogP contribution in [0.1, 0.15) is 42.5 Å². The second-order valence-corrected chi connectivity index (χ2v) is 6.49. The average Bonchev–Trinajstić information content (AvgIpc) is 3.20. The number of aryl methyl sites for hydroxylation is 1. The molecule has 0 aliphatic carbocycles. The minimum atomic E-state index is -0.160. The number of para-hydroxylation sites is 1. The Kier molecular flexibility index (Phi) is 3.60. The zero-order valence-electron chi connectivity index (χ0n) is 13.4. The van der Waals surface area contributed by atoms with Crippen LogP contribution >= 0.6 is 0 Å². The molecule has 4 rings (SSSR count). The highest BCUT2D eigenvalue weighted by Gasteiger charge is 2.37. The van der Waals surface area contributed by atoms with Crippen molar-refractivity contribution in [1.29, 1.82) is 0 Å². The maximum atomic E-state index is 13.2. The van der Waals surface area contributed by atoms with Crippen LogP contribution in [0.5, 0.6) is 5.75 Å². The lowest BCUT2D eigenvalue weighted by Crippen LogP contribution is -2.42. The van der Waals surface area contributed by atoms with E-state index in [1.165, 1.54) is 12.1 Å². The van der Waals surface area contributed by atoms with E-state index in [2.05, 4.69) is 34.8 Å². The Balaban J connectivity index is 1.63. The fourth-order valence-corrected chi connectivity index (χ4v) is 3.89. The summed E-state index contributed by atoms with van der Waals surface area (Å²) in [6.45, 7) is 1.31. The predicted molar refractivity (Wildman–Crippen MR) is 88.4 cm³/mol. The third-order valence-corrected chi connectivity index (χ3v) is 5.11. The van der Waals surface area contributed by atoms with Crippen LogP contribution in [0.15, 0.2) is 42.6 Å². The normalized spacial score (nSPS) is 23.4. The summed E-state index contributed by atoms with van der Waals surface area (Å²) in [5.41, 5.74) is 2.26. The summed E-state index contributed by atoms with van der Waals surface area (Å²) in [5.74, 6) is 0.909. The van der Waals surface area contributed by atoms with Gasteiger partial charge in [0.15, 0.2) is 0 Å². The summed E-state index contributed by atoms with van der Waals surface area (Å²) in [4.78, 5) is 15.3. The molecule has 1 amide bonds. The van der Waals surface area contributed by atoms with Gasteiger partial charge in [-0.2, -0.15) is 0 Å². The van der Waals surface area contributed by atoms with E-state index in [1.807, 2.05) is 24.3 Å². The molecule has 0 spiro atoms. The van der Waals surface area contributed by atoms with Gasteiger partial charge in [0.05, 0.1) is 6.04 Å². The number of nitrogens with zero attached hydrogens (tertiary/aromatic N) is 2. The molecule has 0 bridgehead atoms. The number of hydrogen-bond donors (Lipinski definition) is 0. The Labute approximate surface area is 136 Å². The largest absolute Gasteiger partial charge is 0.492 e. The van der Waals surface area contributed by atoms with Crippen LogP contribution < -0.4 is 4.74 Å². The van der Waals surface area contributed by atoms with Gasteiger partial charge >= 0.3 is 0 Å². The summed E-state index contributed by atoms with van der Waals surface area (Å²) < 4.78 is 7.85. The number of likely N-dealkylation sites (tertiary alicyclic amines) is 1. The molecule has 0 saturated carbocycles. The SMILES string of the molecule is Cn1cccc1[C@H]1CCCCN1C(=O)[C@H]1COc2ccccc21. The molecule has 1 fully saturated rings. The number of benzene rings is 1. The fourth-order valence-electron chi connectivity index (χ4n) is 3.89. The summed E-state index contributed by atoms with van der Waals surface area (Å²) >= 11 is 0. The molecule has 0 N–H and O–H groups in total. The van der Waals surface area contributed by atoms with Gasteiger partial charge in [-0.25, -0.2) is 0 Å². The number of amides is 1. The number of hydrogen-bond acceptors (Lipinski definition) is 2. The van der Waals surface area contributed by atoms with Gasteiger partial charge in [-0.15, -0.1) is 0 Å². The third-order valence-electron chi connectivity index (χ3n) is 5.11. The number of fused-ring (bicyclic) bond motifs is 1. The first-order chi connectivity index (χ1) is 11.3. The van der Waals surface area contributed by atoms with Crippen molar-refractivity contribution in [2.24, 2.45) is 7.05 Å². The van der Waals surface area contributed by atoms with Crippen LogP contribution in [-0.4, -0.2) is 28.5 Å². The number of carbonyl (C=O) groups excluding carboxylic acids is 1. The smallest absolute Gasteiger partial charge is 0.234 e. The van der Waals surface area contributed by atoms with Gasteiger partial charge in [0.2, 0.25) is 5.91 Å². The number of rotatable bonds is 2. The van der Waals surface area contributed by atoms with E-state index in [0.717, 1.165) is 30.7 Å². The molecule has 2 aliphatic rings. The molecule has 1 aromatic carbocycles. The van der Waals surface area contributed by atoms with Crippen LogP contribution in [0.2, 0.25) is 0 Å². The summed E-state index contributed by atoms with van der Waals surface area (Å²) in [6, 6.07) is 12.3. The van der Waals surface area contributed by atoms with Gasteiger partial charge in [-0.3, -0.25) is 4.79 Å². The quantitative estimate of drug-likeness (QED) is 0.853. The molecule has 1 aromatic heterocycles. The first kappa shape index (κ1) is 14.4. The Morgan fingerprint density at radius 2 is 2.04 bits per heavy atom. The van der Waals surface area contributed by atoms with E-state index in [-0.39, 0.29) is 17.9 Å². The summed E-state index contributed by atoms with van der Waals surface area (Å²) in [7, 11) is 2.06. The molecule has 120 valence electrons. The van der Waals surface area contributed by atoms with Crippen molar-refractivity contribution in [3.63, 3.8) is 0 Å². The maximum absolute atomic E-state index is 13.2. The van der Waals surface area contributed by atoms with Crippen LogP contribution in [0.25, 0.3) is 0 Å².